The highest BCUT2D eigenvalue weighted by atomic mass is 14.9. The Bertz CT molecular complexity index is 439. The van der Waals surface area contributed by atoms with Crippen molar-refractivity contribution in [2.45, 2.75) is 39.7 Å². The first-order valence-electron chi connectivity index (χ1n) is 5.75. The first kappa shape index (κ1) is 10.9. The van der Waals surface area contributed by atoms with Gasteiger partial charge in [-0.05, 0) is 38.7 Å². The Hall–Kier alpha value is -1.56. The van der Waals surface area contributed by atoms with Gasteiger partial charge in [-0.1, -0.05) is 6.92 Å². The summed E-state index contributed by atoms with van der Waals surface area (Å²) in [5, 5.41) is 12.6. The van der Waals surface area contributed by atoms with E-state index in [-0.39, 0.29) is 0 Å². The van der Waals surface area contributed by atoms with E-state index in [9.17, 15) is 0 Å². The van der Waals surface area contributed by atoms with Crippen LogP contribution in [0.15, 0.2) is 6.07 Å². The molecule has 1 fully saturated rings. The van der Waals surface area contributed by atoms with Crippen molar-refractivity contribution < 1.29 is 0 Å². The molecule has 0 radical (unpaired) electrons. The summed E-state index contributed by atoms with van der Waals surface area (Å²) in [6, 6.07) is 4.73. The lowest BCUT2D eigenvalue weighted by atomic mass is 9.81. The second-order valence-corrected chi connectivity index (χ2v) is 4.80. The Labute approximate surface area is 96.5 Å². The van der Waals surface area contributed by atoms with Crippen molar-refractivity contribution in [2.24, 2.45) is 5.92 Å². The number of hydrogen-bond donors (Lipinski definition) is 1. The number of hydrogen-bond acceptors (Lipinski definition) is 3. The molecular weight excluding hydrogens is 198 g/mol. The fourth-order valence-corrected chi connectivity index (χ4v) is 2.32. The minimum Gasteiger partial charge on any atom is -0.381 e. The fourth-order valence-electron chi connectivity index (χ4n) is 2.32. The molecule has 84 valence electrons. The number of pyridine rings is 1. The van der Waals surface area contributed by atoms with E-state index in [0.717, 1.165) is 23.0 Å². The summed E-state index contributed by atoms with van der Waals surface area (Å²) in [7, 11) is 0. The molecule has 1 aromatic rings. The molecule has 1 aromatic heterocycles. The summed E-state index contributed by atoms with van der Waals surface area (Å²) in [6.45, 7) is 6.11. The van der Waals surface area contributed by atoms with Crippen molar-refractivity contribution >= 4 is 5.69 Å². The maximum atomic E-state index is 9.12. The van der Waals surface area contributed by atoms with Crippen LogP contribution in [0, 0.1) is 31.1 Å². The SMILES string of the molecule is Cc1cc(NC2CC(C)C2)c(C#N)c(C)n1. The van der Waals surface area contributed by atoms with Gasteiger partial charge in [0.05, 0.1) is 16.9 Å². The molecule has 3 nitrogen and oxygen atoms in total. The van der Waals surface area contributed by atoms with Gasteiger partial charge in [-0.3, -0.25) is 4.98 Å². The smallest absolute Gasteiger partial charge is 0.103 e. The zero-order valence-electron chi connectivity index (χ0n) is 10.0. The monoisotopic (exact) mass is 215 g/mol. The van der Waals surface area contributed by atoms with Crippen LogP contribution in [-0.2, 0) is 0 Å². The van der Waals surface area contributed by atoms with Crippen molar-refractivity contribution in [3.63, 3.8) is 0 Å². The highest BCUT2D eigenvalue weighted by Gasteiger charge is 2.25. The second kappa shape index (κ2) is 4.13. The van der Waals surface area contributed by atoms with Crippen LogP contribution in [0.1, 0.15) is 36.7 Å². The molecule has 0 atom stereocenters. The molecule has 0 aromatic carbocycles. The Morgan fingerprint density at radius 3 is 2.69 bits per heavy atom. The van der Waals surface area contributed by atoms with Gasteiger partial charge in [-0.15, -0.1) is 0 Å². The van der Waals surface area contributed by atoms with Crippen LogP contribution in [0.25, 0.3) is 0 Å². The number of anilines is 1. The lowest BCUT2D eigenvalue weighted by Gasteiger charge is -2.34. The molecule has 1 aliphatic carbocycles. The first-order chi connectivity index (χ1) is 7.60. The third-order valence-electron chi connectivity index (χ3n) is 3.17. The topological polar surface area (TPSA) is 48.7 Å². The van der Waals surface area contributed by atoms with Crippen molar-refractivity contribution in [2.75, 3.05) is 5.32 Å². The van der Waals surface area contributed by atoms with Crippen molar-refractivity contribution in [1.82, 2.24) is 4.98 Å². The van der Waals surface area contributed by atoms with Crippen LogP contribution >= 0.6 is 0 Å². The van der Waals surface area contributed by atoms with Crippen molar-refractivity contribution in [3.8, 4) is 6.07 Å². The normalized spacial score (nSPS) is 23.4. The minimum absolute atomic E-state index is 0.531. The fraction of sp³-hybridized carbons (Fsp3) is 0.538. The Morgan fingerprint density at radius 2 is 2.12 bits per heavy atom. The maximum Gasteiger partial charge on any atom is 0.103 e. The average molecular weight is 215 g/mol. The van der Waals surface area contributed by atoms with Crippen LogP contribution < -0.4 is 5.32 Å². The third-order valence-corrected chi connectivity index (χ3v) is 3.17. The second-order valence-electron chi connectivity index (χ2n) is 4.80. The summed E-state index contributed by atoms with van der Waals surface area (Å²) in [6.07, 6.45) is 2.40. The summed E-state index contributed by atoms with van der Waals surface area (Å²) < 4.78 is 0. The Balaban J connectivity index is 2.22. The molecule has 0 amide bonds. The summed E-state index contributed by atoms with van der Waals surface area (Å²) >= 11 is 0. The van der Waals surface area contributed by atoms with Gasteiger partial charge < -0.3 is 5.32 Å². The van der Waals surface area contributed by atoms with Gasteiger partial charge in [0.15, 0.2) is 0 Å². The van der Waals surface area contributed by atoms with Gasteiger partial charge in [-0.2, -0.15) is 5.26 Å². The quantitative estimate of drug-likeness (QED) is 0.825. The molecule has 0 bridgehead atoms. The highest BCUT2D eigenvalue weighted by molar-refractivity contribution is 5.60. The third kappa shape index (κ3) is 2.01. The Kier molecular flexibility index (Phi) is 2.82. The predicted octanol–water partition coefficient (Wildman–Crippen LogP) is 2.78. The summed E-state index contributed by atoms with van der Waals surface area (Å²) in [5.74, 6) is 0.812. The molecule has 0 saturated heterocycles. The van der Waals surface area contributed by atoms with Gasteiger partial charge in [-0.25, -0.2) is 0 Å². The summed E-state index contributed by atoms with van der Waals surface area (Å²) in [5.41, 5.74) is 3.42. The number of nitriles is 1. The number of aryl methyl sites for hydroxylation is 2. The standard InChI is InChI=1S/C13H17N3/c1-8-4-11(5-8)16-13-6-9(2)15-10(3)12(13)7-14/h6,8,11H,4-5H2,1-3H3,(H,15,16). The molecule has 2 rings (SSSR count). The number of aromatic nitrogens is 1. The van der Waals surface area contributed by atoms with E-state index in [4.69, 9.17) is 5.26 Å². The molecule has 1 aliphatic rings. The molecule has 3 heteroatoms. The molecule has 0 aliphatic heterocycles. The van der Waals surface area contributed by atoms with Crippen molar-refractivity contribution in [3.05, 3.63) is 23.0 Å². The molecule has 16 heavy (non-hydrogen) atoms. The van der Waals surface area contributed by atoms with Gasteiger partial charge in [0, 0.05) is 11.7 Å². The maximum absolute atomic E-state index is 9.12. The molecule has 1 saturated carbocycles. The van der Waals surface area contributed by atoms with Crippen LogP contribution in [0.3, 0.4) is 0 Å². The molecule has 0 unspecified atom stereocenters. The van der Waals surface area contributed by atoms with Crippen molar-refractivity contribution in [1.29, 1.82) is 5.26 Å². The van der Waals surface area contributed by atoms with E-state index in [1.165, 1.54) is 12.8 Å². The molecular formula is C13H17N3. The average Bonchev–Trinajstić information content (AvgIpc) is 2.14. The van der Waals surface area contributed by atoms with E-state index >= 15 is 0 Å². The van der Waals surface area contributed by atoms with Gasteiger partial charge >= 0.3 is 0 Å². The summed E-state index contributed by atoms with van der Waals surface area (Å²) in [4.78, 5) is 4.31. The molecule has 1 heterocycles. The molecule has 1 N–H and O–H groups in total. The number of nitrogens with one attached hydrogen (secondary N) is 1. The lowest BCUT2D eigenvalue weighted by Crippen LogP contribution is -2.34. The highest BCUT2D eigenvalue weighted by Crippen LogP contribution is 2.31. The first-order valence-corrected chi connectivity index (χ1v) is 5.75. The van der Waals surface area contributed by atoms with Gasteiger partial charge in [0.1, 0.15) is 6.07 Å². The van der Waals surface area contributed by atoms with E-state index in [1.54, 1.807) is 0 Å². The van der Waals surface area contributed by atoms with E-state index in [1.807, 2.05) is 19.9 Å². The molecule has 0 spiro atoms. The zero-order chi connectivity index (χ0) is 11.7. The predicted molar refractivity (Wildman–Crippen MR) is 64.2 cm³/mol. The van der Waals surface area contributed by atoms with E-state index in [0.29, 0.717) is 11.6 Å². The Morgan fingerprint density at radius 1 is 1.44 bits per heavy atom. The van der Waals surface area contributed by atoms with Gasteiger partial charge in [0.25, 0.3) is 0 Å². The van der Waals surface area contributed by atoms with E-state index < -0.39 is 0 Å². The number of nitrogens with zero attached hydrogens (tertiary/aromatic N) is 2. The van der Waals surface area contributed by atoms with Crippen LogP contribution in [-0.4, -0.2) is 11.0 Å². The lowest BCUT2D eigenvalue weighted by molar-refractivity contribution is 0.309. The van der Waals surface area contributed by atoms with E-state index in [2.05, 4.69) is 23.3 Å². The minimum atomic E-state index is 0.531. The van der Waals surface area contributed by atoms with Gasteiger partial charge in [0.2, 0.25) is 0 Å². The van der Waals surface area contributed by atoms with Crippen LogP contribution in [0.2, 0.25) is 0 Å². The van der Waals surface area contributed by atoms with Crippen LogP contribution in [0.5, 0.6) is 0 Å². The zero-order valence-corrected chi connectivity index (χ0v) is 10.0. The van der Waals surface area contributed by atoms with Crippen LogP contribution in [0.4, 0.5) is 5.69 Å². The number of rotatable bonds is 2. The largest absolute Gasteiger partial charge is 0.381 e.